The van der Waals surface area contributed by atoms with Crippen LogP contribution in [0.3, 0.4) is 0 Å². The van der Waals surface area contributed by atoms with Gasteiger partial charge >= 0.3 is 12.4 Å². The van der Waals surface area contributed by atoms with E-state index in [4.69, 9.17) is 0 Å². The number of ether oxygens (including phenoxy) is 1. The van der Waals surface area contributed by atoms with Gasteiger partial charge in [0.1, 0.15) is 12.1 Å². The summed E-state index contributed by atoms with van der Waals surface area (Å²) >= 11 is 1.51. The molecule has 0 saturated carbocycles. The smallest absolute Gasteiger partial charge is 0.406 e. The summed E-state index contributed by atoms with van der Waals surface area (Å²) in [4.78, 5) is 21.6. The molecule has 11 heteroatoms. The summed E-state index contributed by atoms with van der Waals surface area (Å²) in [6.07, 6.45) is -2.63. The number of alkyl halides is 3. The molecule has 44 heavy (non-hydrogen) atoms. The Morgan fingerprint density at radius 1 is 1.07 bits per heavy atom. The van der Waals surface area contributed by atoms with Crippen molar-refractivity contribution in [2.24, 2.45) is 4.99 Å². The fourth-order valence-corrected chi connectivity index (χ4v) is 6.04. The molecule has 1 unspecified atom stereocenters. The summed E-state index contributed by atoms with van der Waals surface area (Å²) in [7, 11) is 0. The van der Waals surface area contributed by atoms with E-state index in [2.05, 4.69) is 76.4 Å². The van der Waals surface area contributed by atoms with Crippen molar-refractivity contribution >= 4 is 22.8 Å². The fraction of sp³-hybridized carbons (Fsp3) is 0.273. The number of thioether (sulfide) groups is 1. The Balaban J connectivity index is 1.17. The molecule has 0 aliphatic carbocycles. The number of allylic oxidation sites excluding steroid dienone is 1. The highest BCUT2D eigenvalue weighted by molar-refractivity contribution is 8.17. The van der Waals surface area contributed by atoms with Gasteiger partial charge in [-0.2, -0.15) is 4.99 Å². The number of urea groups is 1. The number of hydrogen-bond donors (Lipinski definition) is 1. The van der Waals surface area contributed by atoms with E-state index in [-0.39, 0.29) is 17.7 Å². The van der Waals surface area contributed by atoms with Gasteiger partial charge in [0, 0.05) is 12.1 Å². The molecule has 0 bridgehead atoms. The van der Waals surface area contributed by atoms with Crippen LogP contribution in [0.1, 0.15) is 54.9 Å². The van der Waals surface area contributed by atoms with E-state index >= 15 is 0 Å². The quantitative estimate of drug-likeness (QED) is 0.214. The van der Waals surface area contributed by atoms with Crippen molar-refractivity contribution in [3.8, 4) is 22.8 Å². The average molecular weight is 620 g/mol. The SMILES string of the molecule is CC1=CSC(=NC(=O)NCCc2ccc(-c3ncn(-c4ccc(OC(F)(F)F)cc4)n3)cc2)C1c1cc(C)ccc1C(C)C. The van der Waals surface area contributed by atoms with Gasteiger partial charge < -0.3 is 10.1 Å². The molecule has 2 heterocycles. The molecule has 0 saturated heterocycles. The highest BCUT2D eigenvalue weighted by Gasteiger charge is 2.31. The van der Waals surface area contributed by atoms with Gasteiger partial charge in [0.25, 0.3) is 0 Å². The number of carbonyl (C=O) groups is 1. The Morgan fingerprint density at radius 2 is 1.80 bits per heavy atom. The highest BCUT2D eigenvalue weighted by atomic mass is 32.2. The predicted molar refractivity (Wildman–Crippen MR) is 167 cm³/mol. The van der Waals surface area contributed by atoms with Crippen LogP contribution in [-0.2, 0) is 6.42 Å². The van der Waals surface area contributed by atoms with E-state index in [0.29, 0.717) is 30.4 Å². The molecule has 3 aromatic carbocycles. The Hall–Kier alpha value is -4.38. The van der Waals surface area contributed by atoms with Crippen molar-refractivity contribution in [1.29, 1.82) is 0 Å². The Morgan fingerprint density at radius 3 is 2.48 bits per heavy atom. The molecular weight excluding hydrogens is 587 g/mol. The standard InChI is InChI=1S/C33H32F3N5O2S/c1-20(2)27-14-5-21(3)17-28(27)29-22(4)18-44-31(29)39-32(42)37-16-15-23-6-8-24(9-7-23)30-38-19-41(40-30)25-10-12-26(13-11-25)43-33(34,35)36/h5-14,17-20,29H,15-16H2,1-4H3,(H,37,42). The van der Waals surface area contributed by atoms with Crippen molar-refractivity contribution in [1.82, 2.24) is 20.1 Å². The largest absolute Gasteiger partial charge is 0.573 e. The molecule has 1 atom stereocenters. The Labute approximate surface area is 258 Å². The third kappa shape index (κ3) is 7.57. The zero-order chi connectivity index (χ0) is 31.4. The third-order valence-corrected chi connectivity index (χ3v) is 8.24. The number of benzene rings is 3. The number of aryl methyl sites for hydroxylation is 1. The van der Waals surface area contributed by atoms with Crippen molar-refractivity contribution in [3.63, 3.8) is 0 Å². The Kier molecular flexibility index (Phi) is 9.24. The highest BCUT2D eigenvalue weighted by Crippen LogP contribution is 2.41. The number of rotatable bonds is 8. The second-order valence-corrected chi connectivity index (χ2v) is 11.8. The monoisotopic (exact) mass is 619 g/mol. The van der Waals surface area contributed by atoms with Crippen LogP contribution in [-0.4, -0.2) is 38.7 Å². The summed E-state index contributed by atoms with van der Waals surface area (Å²) < 4.78 is 42.6. The molecule has 0 fully saturated rings. The summed E-state index contributed by atoms with van der Waals surface area (Å²) in [5.74, 6) is 0.505. The van der Waals surface area contributed by atoms with E-state index < -0.39 is 6.36 Å². The van der Waals surface area contributed by atoms with Crippen molar-refractivity contribution in [3.05, 3.63) is 106 Å². The molecule has 1 N–H and O–H groups in total. The summed E-state index contributed by atoms with van der Waals surface area (Å²) in [6.45, 7) is 8.95. The zero-order valence-corrected chi connectivity index (χ0v) is 25.5. The molecule has 1 aliphatic rings. The van der Waals surface area contributed by atoms with Crippen molar-refractivity contribution in [2.75, 3.05) is 6.54 Å². The molecule has 1 aliphatic heterocycles. The second kappa shape index (κ2) is 13.1. The van der Waals surface area contributed by atoms with Gasteiger partial charge in [0.15, 0.2) is 5.82 Å². The Bertz CT molecular complexity index is 1690. The van der Waals surface area contributed by atoms with E-state index in [9.17, 15) is 18.0 Å². The van der Waals surface area contributed by atoms with Gasteiger partial charge in [-0.1, -0.05) is 79.2 Å². The van der Waals surface area contributed by atoms with E-state index in [1.165, 1.54) is 69.3 Å². The maximum atomic E-state index is 12.8. The van der Waals surface area contributed by atoms with Gasteiger partial charge in [-0.25, -0.2) is 14.5 Å². The molecule has 228 valence electrons. The van der Waals surface area contributed by atoms with Crippen LogP contribution in [0.4, 0.5) is 18.0 Å². The number of nitrogens with one attached hydrogen (secondary N) is 1. The first-order valence-corrected chi connectivity index (χ1v) is 15.0. The maximum Gasteiger partial charge on any atom is 0.573 e. The number of aromatic nitrogens is 3. The molecule has 1 aromatic heterocycles. The number of carbonyl (C=O) groups excluding carboxylic acids is 1. The maximum absolute atomic E-state index is 12.8. The fourth-order valence-electron chi connectivity index (χ4n) is 5.02. The molecule has 5 rings (SSSR count). The zero-order valence-electron chi connectivity index (χ0n) is 24.7. The lowest BCUT2D eigenvalue weighted by atomic mass is 9.85. The van der Waals surface area contributed by atoms with Crippen LogP contribution in [0.25, 0.3) is 17.1 Å². The van der Waals surface area contributed by atoms with Crippen LogP contribution in [0.5, 0.6) is 5.75 Å². The minimum Gasteiger partial charge on any atom is -0.406 e. The van der Waals surface area contributed by atoms with Crippen LogP contribution in [0.2, 0.25) is 0 Å². The third-order valence-electron chi connectivity index (χ3n) is 7.18. The van der Waals surface area contributed by atoms with Gasteiger partial charge in [0.2, 0.25) is 0 Å². The van der Waals surface area contributed by atoms with E-state index in [1.54, 1.807) is 0 Å². The first-order chi connectivity index (χ1) is 21.0. The van der Waals surface area contributed by atoms with Gasteiger partial charge in [-0.05, 0) is 72.6 Å². The van der Waals surface area contributed by atoms with Crippen LogP contribution >= 0.6 is 11.8 Å². The minimum absolute atomic E-state index is 0.0181. The predicted octanol–water partition coefficient (Wildman–Crippen LogP) is 8.35. The number of halogens is 3. The van der Waals surface area contributed by atoms with Gasteiger partial charge in [0.05, 0.1) is 16.6 Å². The lowest BCUT2D eigenvalue weighted by Crippen LogP contribution is -2.24. The molecule has 0 spiro atoms. The molecule has 4 aromatic rings. The first-order valence-electron chi connectivity index (χ1n) is 14.1. The summed E-state index contributed by atoms with van der Waals surface area (Å²) in [5, 5.41) is 10.2. The van der Waals surface area contributed by atoms with Gasteiger partial charge in [-0.3, -0.25) is 0 Å². The first kappa shape index (κ1) is 31.1. The summed E-state index contributed by atoms with van der Waals surface area (Å²) in [6, 6.07) is 19.2. The van der Waals surface area contributed by atoms with Crippen LogP contribution in [0, 0.1) is 6.92 Å². The summed E-state index contributed by atoms with van der Waals surface area (Å²) in [5.41, 5.74) is 7.18. The number of amides is 2. The molecule has 7 nitrogen and oxygen atoms in total. The van der Waals surface area contributed by atoms with Crippen molar-refractivity contribution < 1.29 is 22.7 Å². The van der Waals surface area contributed by atoms with Crippen LogP contribution in [0.15, 0.2) is 89.0 Å². The molecular formula is C33H32F3N5O2S. The normalized spacial score (nSPS) is 16.0. The average Bonchev–Trinajstić information content (AvgIpc) is 3.60. The van der Waals surface area contributed by atoms with Gasteiger partial charge in [-0.15, -0.1) is 18.3 Å². The topological polar surface area (TPSA) is 81.4 Å². The number of hydrogen-bond acceptors (Lipinski definition) is 5. The van der Waals surface area contributed by atoms with E-state index in [0.717, 1.165) is 16.2 Å². The lowest BCUT2D eigenvalue weighted by Gasteiger charge is -2.20. The van der Waals surface area contributed by atoms with Crippen molar-refractivity contribution in [2.45, 2.75) is 52.3 Å². The number of nitrogens with zero attached hydrogens (tertiary/aromatic N) is 4. The number of aliphatic imine (C=N–C) groups is 1. The lowest BCUT2D eigenvalue weighted by molar-refractivity contribution is -0.274. The molecule has 0 radical (unpaired) electrons. The van der Waals surface area contributed by atoms with E-state index in [1.807, 2.05) is 24.3 Å². The second-order valence-electron chi connectivity index (χ2n) is 10.9. The van der Waals surface area contributed by atoms with Crippen LogP contribution < -0.4 is 10.1 Å². The minimum atomic E-state index is -4.75. The molecule has 2 amide bonds.